The lowest BCUT2D eigenvalue weighted by Crippen LogP contribution is -2.40. The summed E-state index contributed by atoms with van der Waals surface area (Å²) in [5.74, 6) is -0.0190. The highest BCUT2D eigenvalue weighted by molar-refractivity contribution is 6.30. The third kappa shape index (κ3) is 3.93. The number of hydrogen-bond acceptors (Lipinski definition) is 2. The van der Waals surface area contributed by atoms with E-state index in [1.54, 1.807) is 12.1 Å². The predicted octanol–water partition coefficient (Wildman–Crippen LogP) is 2.83. The van der Waals surface area contributed by atoms with E-state index >= 15 is 0 Å². The summed E-state index contributed by atoms with van der Waals surface area (Å²) in [6, 6.07) is 4.79. The number of piperidine rings is 1. The molecule has 1 saturated heterocycles. The maximum Gasteiger partial charge on any atom is 0.223 e. The number of nitrogens with one attached hydrogen (secondary N) is 1. The molecule has 0 saturated carbocycles. The van der Waals surface area contributed by atoms with Crippen LogP contribution in [0.4, 0.5) is 4.39 Å². The zero-order valence-electron chi connectivity index (χ0n) is 11.7. The molecule has 0 aromatic heterocycles. The molecule has 0 unspecified atom stereocenters. The number of carbonyl (C=O) groups is 1. The van der Waals surface area contributed by atoms with E-state index in [4.69, 9.17) is 11.6 Å². The summed E-state index contributed by atoms with van der Waals surface area (Å²) in [5, 5.41) is 3.28. The minimum atomic E-state index is -0.261. The van der Waals surface area contributed by atoms with Crippen molar-refractivity contribution in [2.75, 3.05) is 19.6 Å². The molecule has 1 aromatic rings. The number of rotatable bonds is 4. The van der Waals surface area contributed by atoms with Crippen molar-refractivity contribution in [1.29, 1.82) is 0 Å². The van der Waals surface area contributed by atoms with Crippen LogP contribution < -0.4 is 5.32 Å². The molecular weight excluding hydrogens is 279 g/mol. The molecule has 1 aliphatic heterocycles. The summed E-state index contributed by atoms with van der Waals surface area (Å²) in [5.41, 5.74) is 0.658. The minimum absolute atomic E-state index is 0.0984. The standard InChI is InChI=1S/C15H20ClFN2O/c1-2-18-15(20)11-5-7-19(8-6-11)10-12-3-4-13(16)9-14(12)17/h3-4,9,11H,2,5-8,10H2,1H3,(H,18,20). The van der Waals surface area contributed by atoms with Gasteiger partial charge in [0.1, 0.15) is 5.82 Å². The van der Waals surface area contributed by atoms with Crippen LogP contribution in [0.2, 0.25) is 5.02 Å². The molecule has 0 atom stereocenters. The highest BCUT2D eigenvalue weighted by Crippen LogP contribution is 2.21. The van der Waals surface area contributed by atoms with Crippen LogP contribution in [0.15, 0.2) is 18.2 Å². The van der Waals surface area contributed by atoms with Gasteiger partial charge in [-0.1, -0.05) is 17.7 Å². The first-order chi connectivity index (χ1) is 9.60. The first-order valence-corrected chi connectivity index (χ1v) is 7.42. The van der Waals surface area contributed by atoms with Gasteiger partial charge in [0.25, 0.3) is 0 Å². The van der Waals surface area contributed by atoms with E-state index in [0.717, 1.165) is 25.9 Å². The molecule has 2 rings (SSSR count). The van der Waals surface area contributed by atoms with E-state index in [2.05, 4.69) is 10.2 Å². The molecular formula is C15H20ClFN2O. The van der Waals surface area contributed by atoms with Gasteiger partial charge in [-0.25, -0.2) is 4.39 Å². The van der Waals surface area contributed by atoms with E-state index in [-0.39, 0.29) is 17.6 Å². The highest BCUT2D eigenvalue weighted by Gasteiger charge is 2.24. The zero-order valence-corrected chi connectivity index (χ0v) is 12.4. The third-order valence-corrected chi connectivity index (χ3v) is 3.95. The van der Waals surface area contributed by atoms with Gasteiger partial charge in [0.05, 0.1) is 0 Å². The Morgan fingerprint density at radius 3 is 2.75 bits per heavy atom. The average molecular weight is 299 g/mol. The Morgan fingerprint density at radius 1 is 1.45 bits per heavy atom. The second-order valence-electron chi connectivity index (χ2n) is 5.18. The molecule has 1 amide bonds. The predicted molar refractivity (Wildman–Crippen MR) is 78.1 cm³/mol. The van der Waals surface area contributed by atoms with Crippen molar-refractivity contribution < 1.29 is 9.18 Å². The highest BCUT2D eigenvalue weighted by atomic mass is 35.5. The fourth-order valence-corrected chi connectivity index (χ4v) is 2.72. The topological polar surface area (TPSA) is 32.3 Å². The number of nitrogens with zero attached hydrogens (tertiary/aromatic N) is 1. The fraction of sp³-hybridized carbons (Fsp3) is 0.533. The van der Waals surface area contributed by atoms with E-state index in [1.165, 1.54) is 6.07 Å². The van der Waals surface area contributed by atoms with Gasteiger partial charge in [0.15, 0.2) is 0 Å². The summed E-state index contributed by atoms with van der Waals surface area (Å²) in [7, 11) is 0. The van der Waals surface area contributed by atoms with Crippen LogP contribution in [0.3, 0.4) is 0 Å². The molecule has 3 nitrogen and oxygen atoms in total. The van der Waals surface area contributed by atoms with Gasteiger partial charge in [-0.15, -0.1) is 0 Å². The van der Waals surface area contributed by atoms with Crippen molar-refractivity contribution in [3.05, 3.63) is 34.6 Å². The van der Waals surface area contributed by atoms with Crippen LogP contribution in [0, 0.1) is 11.7 Å². The first-order valence-electron chi connectivity index (χ1n) is 7.04. The fourth-order valence-electron chi connectivity index (χ4n) is 2.56. The van der Waals surface area contributed by atoms with Crippen LogP contribution in [-0.4, -0.2) is 30.4 Å². The molecule has 20 heavy (non-hydrogen) atoms. The van der Waals surface area contributed by atoms with E-state index < -0.39 is 0 Å². The summed E-state index contributed by atoms with van der Waals surface area (Å²) in [6.45, 7) is 4.82. The number of hydrogen-bond donors (Lipinski definition) is 1. The molecule has 1 heterocycles. The van der Waals surface area contributed by atoms with Crippen LogP contribution >= 0.6 is 11.6 Å². The van der Waals surface area contributed by atoms with Gasteiger partial charge in [-0.05, 0) is 45.0 Å². The van der Waals surface area contributed by atoms with Crippen LogP contribution in [0.1, 0.15) is 25.3 Å². The summed E-state index contributed by atoms with van der Waals surface area (Å²) in [4.78, 5) is 13.9. The van der Waals surface area contributed by atoms with Gasteiger partial charge in [0.2, 0.25) is 5.91 Å². The molecule has 1 aromatic carbocycles. The number of halogens is 2. The van der Waals surface area contributed by atoms with Crippen LogP contribution in [0.25, 0.3) is 0 Å². The number of likely N-dealkylation sites (tertiary alicyclic amines) is 1. The third-order valence-electron chi connectivity index (χ3n) is 3.72. The normalized spacial score (nSPS) is 17.1. The van der Waals surface area contributed by atoms with Crippen molar-refractivity contribution in [3.8, 4) is 0 Å². The average Bonchev–Trinajstić information content (AvgIpc) is 2.43. The molecule has 0 spiro atoms. The molecule has 0 bridgehead atoms. The Hall–Kier alpha value is -1.13. The van der Waals surface area contributed by atoms with Crippen molar-refractivity contribution in [2.24, 2.45) is 5.92 Å². The van der Waals surface area contributed by atoms with E-state index in [0.29, 0.717) is 23.7 Å². The Kier molecular flexibility index (Phi) is 5.38. The van der Waals surface area contributed by atoms with Crippen molar-refractivity contribution >= 4 is 17.5 Å². The Morgan fingerprint density at radius 2 is 2.15 bits per heavy atom. The van der Waals surface area contributed by atoms with Gasteiger partial charge < -0.3 is 5.32 Å². The summed E-state index contributed by atoms with van der Waals surface area (Å²) in [6.07, 6.45) is 1.67. The largest absolute Gasteiger partial charge is 0.356 e. The SMILES string of the molecule is CCNC(=O)C1CCN(Cc2ccc(Cl)cc2F)CC1. The number of carbonyl (C=O) groups excluding carboxylic acids is 1. The summed E-state index contributed by atoms with van der Waals surface area (Å²) < 4.78 is 13.7. The molecule has 5 heteroatoms. The maximum absolute atomic E-state index is 13.7. The molecule has 1 N–H and O–H groups in total. The minimum Gasteiger partial charge on any atom is -0.356 e. The maximum atomic E-state index is 13.7. The van der Waals surface area contributed by atoms with E-state index in [9.17, 15) is 9.18 Å². The smallest absolute Gasteiger partial charge is 0.223 e. The summed E-state index contributed by atoms with van der Waals surface area (Å²) >= 11 is 5.75. The zero-order chi connectivity index (χ0) is 14.5. The van der Waals surface area contributed by atoms with Crippen molar-refractivity contribution in [2.45, 2.75) is 26.3 Å². The first kappa shape index (κ1) is 15.3. The van der Waals surface area contributed by atoms with Gasteiger partial charge in [-0.3, -0.25) is 9.69 Å². The van der Waals surface area contributed by atoms with Gasteiger partial charge in [0, 0.05) is 29.6 Å². The van der Waals surface area contributed by atoms with Gasteiger partial charge >= 0.3 is 0 Å². The lowest BCUT2D eigenvalue weighted by atomic mass is 9.95. The lowest BCUT2D eigenvalue weighted by Gasteiger charge is -2.31. The number of amides is 1. The lowest BCUT2D eigenvalue weighted by molar-refractivity contribution is -0.126. The Bertz CT molecular complexity index is 473. The van der Waals surface area contributed by atoms with Gasteiger partial charge in [-0.2, -0.15) is 0 Å². The van der Waals surface area contributed by atoms with Crippen LogP contribution in [0.5, 0.6) is 0 Å². The Balaban J connectivity index is 1.86. The molecule has 110 valence electrons. The van der Waals surface area contributed by atoms with Crippen LogP contribution in [-0.2, 0) is 11.3 Å². The number of benzene rings is 1. The van der Waals surface area contributed by atoms with Crippen molar-refractivity contribution in [1.82, 2.24) is 10.2 Å². The quantitative estimate of drug-likeness (QED) is 0.927. The molecule has 0 radical (unpaired) electrons. The molecule has 1 fully saturated rings. The second-order valence-corrected chi connectivity index (χ2v) is 5.62. The second kappa shape index (κ2) is 7.04. The Labute approximate surface area is 124 Å². The van der Waals surface area contributed by atoms with E-state index in [1.807, 2.05) is 6.92 Å². The monoisotopic (exact) mass is 298 g/mol. The molecule has 1 aliphatic rings. The molecule has 0 aliphatic carbocycles. The van der Waals surface area contributed by atoms with Crippen molar-refractivity contribution in [3.63, 3.8) is 0 Å².